The fourth-order valence-electron chi connectivity index (χ4n) is 3.02. The lowest BCUT2D eigenvalue weighted by molar-refractivity contribution is 0.103. The Hall–Kier alpha value is -3.70. The first kappa shape index (κ1) is 22.5. The van der Waals surface area contributed by atoms with Crippen LogP contribution in [0.25, 0.3) is 0 Å². The summed E-state index contributed by atoms with van der Waals surface area (Å²) in [5, 5.41) is 14.3. The molecule has 2 aromatic carbocycles. The summed E-state index contributed by atoms with van der Waals surface area (Å²) in [5.74, 6) is 0.872. The van der Waals surface area contributed by atoms with E-state index < -0.39 is 6.03 Å². The summed E-state index contributed by atoms with van der Waals surface area (Å²) < 4.78 is 5.33. The van der Waals surface area contributed by atoms with Crippen LogP contribution < -0.4 is 15.4 Å². The number of hydrogen-bond donors (Lipinski definition) is 3. The molecule has 0 aliphatic heterocycles. The summed E-state index contributed by atoms with van der Waals surface area (Å²) in [7, 11) is 1.52. The van der Waals surface area contributed by atoms with Crippen LogP contribution in [0, 0.1) is 6.92 Å². The molecule has 0 saturated heterocycles. The van der Waals surface area contributed by atoms with Crippen molar-refractivity contribution in [2.24, 2.45) is 0 Å². The number of urea groups is 1. The number of benzene rings is 2. The zero-order valence-electron chi connectivity index (χ0n) is 17.8. The molecule has 3 N–H and O–H groups in total. The van der Waals surface area contributed by atoms with Crippen molar-refractivity contribution >= 4 is 45.7 Å². The van der Waals surface area contributed by atoms with Crippen LogP contribution in [0.5, 0.6) is 5.75 Å². The van der Waals surface area contributed by atoms with Gasteiger partial charge in [-0.3, -0.25) is 10.1 Å². The average molecular weight is 481 g/mol. The number of H-pyrrole nitrogens is 1. The molecule has 0 fully saturated rings. The maximum Gasteiger partial charge on any atom is 0.325 e. The van der Waals surface area contributed by atoms with Crippen LogP contribution in [0.4, 0.5) is 15.6 Å². The van der Waals surface area contributed by atoms with E-state index in [9.17, 15) is 9.59 Å². The lowest BCUT2D eigenvalue weighted by Crippen LogP contribution is -2.21. The molecule has 0 unspecified atom stereocenters. The van der Waals surface area contributed by atoms with Crippen molar-refractivity contribution in [2.75, 3.05) is 17.7 Å². The molecule has 2 amide bonds. The molecule has 33 heavy (non-hydrogen) atoms. The van der Waals surface area contributed by atoms with Gasteiger partial charge in [-0.15, -0.1) is 21.5 Å². The number of anilines is 2. The van der Waals surface area contributed by atoms with Crippen molar-refractivity contribution in [1.29, 1.82) is 0 Å². The topological polar surface area (TPSA) is 122 Å². The molecule has 0 saturated carbocycles. The Morgan fingerprint density at radius 3 is 2.79 bits per heavy atom. The summed E-state index contributed by atoms with van der Waals surface area (Å²) in [6.45, 7) is 1.89. The first-order valence-electron chi connectivity index (χ1n) is 9.83. The fourth-order valence-corrected chi connectivity index (χ4v) is 4.63. The maximum atomic E-state index is 13.2. The monoisotopic (exact) mass is 480 g/mol. The van der Waals surface area contributed by atoms with Crippen molar-refractivity contribution in [3.63, 3.8) is 0 Å². The van der Waals surface area contributed by atoms with E-state index in [0.717, 1.165) is 10.4 Å². The minimum Gasteiger partial charge on any atom is -0.496 e. The molecule has 0 atom stereocenters. The van der Waals surface area contributed by atoms with Crippen LogP contribution in [-0.2, 0) is 5.75 Å². The highest BCUT2D eigenvalue weighted by Crippen LogP contribution is 2.28. The molecule has 0 aliphatic carbocycles. The molecular formula is C22H20N6O3S2. The SMILES string of the molecule is COc1ccccc1C(=O)c1cc(C)ccc1NC(=O)Nc1ncc(CSc2nnc[nH]2)s1. The predicted octanol–water partition coefficient (Wildman–Crippen LogP) is 4.75. The Balaban J connectivity index is 1.46. The van der Waals surface area contributed by atoms with E-state index in [1.165, 1.54) is 36.5 Å². The van der Waals surface area contributed by atoms with E-state index in [1.807, 2.05) is 13.0 Å². The number of aromatic amines is 1. The second-order valence-electron chi connectivity index (χ2n) is 6.87. The number of ether oxygens (including phenoxy) is 1. The Morgan fingerprint density at radius 2 is 2.00 bits per heavy atom. The van der Waals surface area contributed by atoms with Gasteiger partial charge in [-0.25, -0.2) is 9.78 Å². The number of amides is 2. The molecule has 4 aromatic rings. The first-order chi connectivity index (χ1) is 16.0. The smallest absolute Gasteiger partial charge is 0.325 e. The number of nitrogens with one attached hydrogen (secondary N) is 3. The number of carbonyl (C=O) groups excluding carboxylic acids is 2. The molecular weight excluding hydrogens is 460 g/mol. The minimum atomic E-state index is -0.489. The van der Waals surface area contributed by atoms with Gasteiger partial charge in [0, 0.05) is 22.4 Å². The third-order valence-corrected chi connectivity index (χ3v) is 6.56. The molecule has 9 nitrogen and oxygen atoms in total. The summed E-state index contributed by atoms with van der Waals surface area (Å²) in [6.07, 6.45) is 3.22. The number of thiazole rings is 1. The Morgan fingerprint density at radius 1 is 1.15 bits per heavy atom. The van der Waals surface area contributed by atoms with Gasteiger partial charge in [-0.05, 0) is 31.2 Å². The number of thioether (sulfide) groups is 1. The highest BCUT2D eigenvalue weighted by Gasteiger charge is 2.19. The number of carbonyl (C=O) groups is 2. The number of para-hydroxylation sites is 1. The van der Waals surface area contributed by atoms with Crippen LogP contribution >= 0.6 is 23.1 Å². The van der Waals surface area contributed by atoms with Crippen LogP contribution in [0.1, 0.15) is 26.4 Å². The summed E-state index contributed by atoms with van der Waals surface area (Å²) >= 11 is 2.85. The van der Waals surface area contributed by atoms with E-state index in [4.69, 9.17) is 4.74 Å². The number of aromatic nitrogens is 4. The second-order valence-corrected chi connectivity index (χ2v) is 8.95. The number of methoxy groups -OCH3 is 1. The second kappa shape index (κ2) is 10.3. The van der Waals surface area contributed by atoms with Gasteiger partial charge in [0.1, 0.15) is 12.1 Å². The van der Waals surface area contributed by atoms with Gasteiger partial charge < -0.3 is 15.0 Å². The molecule has 11 heteroatoms. The Bertz CT molecular complexity index is 1270. The standard InChI is InChI=1S/C22H20N6O3S2/c1-13-7-8-17(16(9-13)19(29)15-5-3-4-6-18(15)31-2)26-20(30)27-21-23-10-14(33-21)11-32-22-24-12-25-28-22/h3-10,12H,11H2,1-2H3,(H,24,25,28)(H2,23,26,27,30). The quantitative estimate of drug-likeness (QED) is 0.246. The molecule has 168 valence electrons. The minimum absolute atomic E-state index is 0.243. The highest BCUT2D eigenvalue weighted by atomic mass is 32.2. The van der Waals surface area contributed by atoms with Crippen LogP contribution in [0.2, 0.25) is 0 Å². The number of hydrogen-bond acceptors (Lipinski definition) is 8. The maximum absolute atomic E-state index is 13.2. The van der Waals surface area contributed by atoms with E-state index in [1.54, 1.807) is 42.6 Å². The lowest BCUT2D eigenvalue weighted by atomic mass is 9.99. The zero-order valence-corrected chi connectivity index (χ0v) is 19.4. The molecule has 0 spiro atoms. The lowest BCUT2D eigenvalue weighted by Gasteiger charge is -2.13. The van der Waals surface area contributed by atoms with Gasteiger partial charge in [0.25, 0.3) is 0 Å². The Kier molecular flexibility index (Phi) is 7.01. The largest absolute Gasteiger partial charge is 0.496 e. The summed E-state index contributed by atoms with van der Waals surface area (Å²) in [6, 6.07) is 11.8. The number of nitrogens with zero attached hydrogens (tertiary/aromatic N) is 3. The van der Waals surface area contributed by atoms with Crippen molar-refractivity contribution < 1.29 is 14.3 Å². The van der Waals surface area contributed by atoms with E-state index in [2.05, 4.69) is 30.8 Å². The van der Waals surface area contributed by atoms with E-state index >= 15 is 0 Å². The van der Waals surface area contributed by atoms with Crippen molar-refractivity contribution in [3.8, 4) is 5.75 Å². The van der Waals surface area contributed by atoms with Gasteiger partial charge in [0.15, 0.2) is 16.1 Å². The van der Waals surface area contributed by atoms with Crippen LogP contribution in [0.15, 0.2) is 60.1 Å². The van der Waals surface area contributed by atoms with Gasteiger partial charge in [-0.2, -0.15) is 0 Å². The molecule has 2 aromatic heterocycles. The number of ketones is 1. The number of rotatable bonds is 8. The first-order valence-corrected chi connectivity index (χ1v) is 11.6. The zero-order chi connectivity index (χ0) is 23.2. The summed E-state index contributed by atoms with van der Waals surface area (Å²) in [4.78, 5) is 34.0. The van der Waals surface area contributed by atoms with Gasteiger partial charge >= 0.3 is 6.03 Å². The van der Waals surface area contributed by atoms with Crippen molar-refractivity contribution in [3.05, 3.63) is 76.6 Å². The average Bonchev–Trinajstić information content (AvgIpc) is 3.50. The molecule has 4 rings (SSSR count). The van der Waals surface area contributed by atoms with Crippen molar-refractivity contribution in [2.45, 2.75) is 17.8 Å². The van der Waals surface area contributed by atoms with E-state index in [-0.39, 0.29) is 5.78 Å². The third-order valence-electron chi connectivity index (χ3n) is 4.54. The van der Waals surface area contributed by atoms with Crippen molar-refractivity contribution in [1.82, 2.24) is 20.2 Å². The fraction of sp³-hybridized carbons (Fsp3) is 0.136. The summed E-state index contributed by atoms with van der Waals surface area (Å²) in [5.41, 5.74) is 2.08. The van der Waals surface area contributed by atoms with Crippen LogP contribution in [0.3, 0.4) is 0 Å². The molecule has 2 heterocycles. The molecule has 0 aliphatic rings. The Labute approximate surface area is 198 Å². The normalized spacial score (nSPS) is 10.6. The molecule has 0 radical (unpaired) electrons. The van der Waals surface area contributed by atoms with Gasteiger partial charge in [-0.1, -0.05) is 35.5 Å². The van der Waals surface area contributed by atoms with Gasteiger partial charge in [0.05, 0.1) is 18.4 Å². The number of aryl methyl sites for hydroxylation is 1. The van der Waals surface area contributed by atoms with E-state index in [0.29, 0.717) is 38.6 Å². The molecule has 0 bridgehead atoms. The van der Waals surface area contributed by atoms with Crippen LogP contribution in [-0.4, -0.2) is 39.1 Å². The van der Waals surface area contributed by atoms with Gasteiger partial charge in [0.2, 0.25) is 0 Å². The highest BCUT2D eigenvalue weighted by molar-refractivity contribution is 7.98. The predicted molar refractivity (Wildman–Crippen MR) is 128 cm³/mol. The third kappa shape index (κ3) is 5.57.